The average molecular weight is 226 g/mol. The first-order chi connectivity index (χ1) is 7.02. The molecule has 0 bridgehead atoms. The lowest BCUT2D eigenvalue weighted by Crippen LogP contribution is -2.36. The smallest absolute Gasteiger partial charge is 0.252 e. The quantitative estimate of drug-likeness (QED) is 0.799. The Kier molecular flexibility index (Phi) is 3.86. The van der Waals surface area contributed by atoms with Crippen LogP contribution >= 0.6 is 11.6 Å². The van der Waals surface area contributed by atoms with Gasteiger partial charge in [-0.2, -0.15) is 0 Å². The summed E-state index contributed by atoms with van der Waals surface area (Å²) in [7, 11) is 0. The molecule has 1 aromatic carbocycles. The zero-order valence-electron chi connectivity index (χ0n) is 8.58. The van der Waals surface area contributed by atoms with Crippen molar-refractivity contribution >= 4 is 22.8 Å². The number of aryl methyl sites for hydroxylation is 1. The van der Waals surface area contributed by atoms with Gasteiger partial charge in [0.1, 0.15) is 6.04 Å². The third kappa shape index (κ3) is 3.06. The number of halogens is 1. The highest BCUT2D eigenvalue weighted by Crippen LogP contribution is 2.07. The molecular weight excluding hydrogens is 214 g/mol. The molecule has 0 aliphatic carbocycles. The van der Waals surface area contributed by atoms with Crippen molar-refractivity contribution in [1.29, 1.82) is 0 Å². The van der Waals surface area contributed by atoms with Crippen molar-refractivity contribution in [2.75, 3.05) is 0 Å². The summed E-state index contributed by atoms with van der Waals surface area (Å²) in [6, 6.07) is 6.49. The molecule has 1 N–H and O–H groups in total. The van der Waals surface area contributed by atoms with Crippen molar-refractivity contribution in [2.24, 2.45) is 0 Å². The molecule has 0 aliphatic heterocycles. The molecule has 80 valence electrons. The van der Waals surface area contributed by atoms with Crippen LogP contribution in [0.25, 0.3) is 0 Å². The maximum Gasteiger partial charge on any atom is 0.252 e. The zero-order chi connectivity index (χ0) is 11.4. The fourth-order valence-corrected chi connectivity index (χ4v) is 1.21. The van der Waals surface area contributed by atoms with Gasteiger partial charge in [0.15, 0.2) is 0 Å². The summed E-state index contributed by atoms with van der Waals surface area (Å²) < 4.78 is 0. The molecule has 3 nitrogen and oxygen atoms in total. The van der Waals surface area contributed by atoms with Gasteiger partial charge in [-0.15, -0.1) is 0 Å². The van der Waals surface area contributed by atoms with E-state index in [4.69, 9.17) is 11.6 Å². The van der Waals surface area contributed by atoms with Gasteiger partial charge >= 0.3 is 0 Å². The summed E-state index contributed by atoms with van der Waals surface area (Å²) in [5.41, 5.74) is 1.42. The van der Waals surface area contributed by atoms with Gasteiger partial charge in [-0.1, -0.05) is 18.2 Å². The first-order valence-electron chi connectivity index (χ1n) is 4.58. The van der Waals surface area contributed by atoms with Gasteiger partial charge in [0.2, 0.25) is 5.24 Å². The van der Waals surface area contributed by atoms with Crippen LogP contribution in [0.2, 0.25) is 0 Å². The van der Waals surface area contributed by atoms with Gasteiger partial charge in [-0.05, 0) is 37.1 Å². The van der Waals surface area contributed by atoms with Crippen LogP contribution in [-0.4, -0.2) is 17.2 Å². The molecule has 1 rings (SSSR count). The van der Waals surface area contributed by atoms with E-state index in [0.717, 1.165) is 5.56 Å². The lowest BCUT2D eigenvalue weighted by molar-refractivity contribution is -0.113. The number of carbonyl (C=O) groups excluding carboxylic acids is 2. The van der Waals surface area contributed by atoms with Crippen LogP contribution in [0.5, 0.6) is 0 Å². The van der Waals surface area contributed by atoms with Crippen LogP contribution in [-0.2, 0) is 4.79 Å². The van der Waals surface area contributed by atoms with Gasteiger partial charge in [0.05, 0.1) is 0 Å². The summed E-state index contributed by atoms with van der Waals surface area (Å²) in [4.78, 5) is 22.4. The van der Waals surface area contributed by atoms with Gasteiger partial charge < -0.3 is 5.32 Å². The first-order valence-corrected chi connectivity index (χ1v) is 4.96. The highest BCUT2D eigenvalue weighted by Gasteiger charge is 2.15. The Hall–Kier alpha value is -1.35. The second-order valence-corrected chi connectivity index (χ2v) is 3.69. The van der Waals surface area contributed by atoms with Crippen LogP contribution in [0.1, 0.15) is 22.8 Å². The fourth-order valence-electron chi connectivity index (χ4n) is 1.16. The SMILES string of the molecule is Cc1ccccc1C(=O)NC(C)C(=O)Cl. The molecule has 1 aromatic rings. The Morgan fingerprint density at radius 2 is 1.93 bits per heavy atom. The van der Waals surface area contributed by atoms with Crippen LogP contribution in [0.4, 0.5) is 0 Å². The van der Waals surface area contributed by atoms with E-state index in [0.29, 0.717) is 5.56 Å². The predicted molar refractivity (Wildman–Crippen MR) is 59.0 cm³/mol. The molecule has 0 radical (unpaired) electrons. The predicted octanol–water partition coefficient (Wildman–Crippen LogP) is 1.88. The molecule has 4 heteroatoms. The van der Waals surface area contributed by atoms with Gasteiger partial charge in [-0.25, -0.2) is 0 Å². The Morgan fingerprint density at radius 3 is 2.47 bits per heavy atom. The van der Waals surface area contributed by atoms with E-state index in [1.54, 1.807) is 19.1 Å². The van der Waals surface area contributed by atoms with Crippen molar-refractivity contribution in [3.63, 3.8) is 0 Å². The highest BCUT2D eigenvalue weighted by atomic mass is 35.5. The summed E-state index contributed by atoms with van der Waals surface area (Å²) in [6.45, 7) is 3.38. The second-order valence-electron chi connectivity index (χ2n) is 3.31. The number of nitrogens with one attached hydrogen (secondary N) is 1. The van der Waals surface area contributed by atoms with E-state index < -0.39 is 11.3 Å². The molecule has 15 heavy (non-hydrogen) atoms. The van der Waals surface area contributed by atoms with Crippen LogP contribution in [0.3, 0.4) is 0 Å². The largest absolute Gasteiger partial charge is 0.341 e. The highest BCUT2D eigenvalue weighted by molar-refractivity contribution is 6.64. The summed E-state index contributed by atoms with van der Waals surface area (Å²) in [5, 5.41) is 1.94. The normalized spacial score (nSPS) is 11.9. The van der Waals surface area contributed by atoms with Crippen LogP contribution < -0.4 is 5.32 Å². The fraction of sp³-hybridized carbons (Fsp3) is 0.273. The third-order valence-electron chi connectivity index (χ3n) is 2.08. The van der Waals surface area contributed by atoms with Crippen molar-refractivity contribution in [3.05, 3.63) is 35.4 Å². The summed E-state index contributed by atoms with van der Waals surface area (Å²) in [5.74, 6) is -0.283. The molecule has 0 saturated heterocycles. The number of carbonyl (C=O) groups is 2. The molecule has 0 fully saturated rings. The molecule has 0 aromatic heterocycles. The maximum absolute atomic E-state index is 11.7. The molecule has 1 atom stereocenters. The standard InChI is InChI=1S/C11H12ClNO2/c1-7-5-3-4-6-9(7)11(15)13-8(2)10(12)14/h3-6,8H,1-2H3,(H,13,15). The molecule has 0 aliphatic rings. The Balaban J connectivity index is 2.78. The third-order valence-corrected chi connectivity index (χ3v) is 2.41. The Morgan fingerprint density at radius 1 is 1.33 bits per heavy atom. The van der Waals surface area contributed by atoms with Crippen molar-refractivity contribution in [2.45, 2.75) is 19.9 Å². The summed E-state index contributed by atoms with van der Waals surface area (Å²) in [6.07, 6.45) is 0. The van der Waals surface area contributed by atoms with E-state index in [-0.39, 0.29) is 5.91 Å². The van der Waals surface area contributed by atoms with E-state index in [2.05, 4.69) is 5.32 Å². The topological polar surface area (TPSA) is 46.2 Å². The lowest BCUT2D eigenvalue weighted by Gasteiger charge is -2.10. The molecule has 0 heterocycles. The summed E-state index contributed by atoms with van der Waals surface area (Å²) >= 11 is 5.25. The van der Waals surface area contributed by atoms with Gasteiger partial charge in [0, 0.05) is 5.56 Å². The molecular formula is C11H12ClNO2. The Bertz CT molecular complexity index is 390. The number of rotatable bonds is 3. The molecule has 0 spiro atoms. The van der Waals surface area contributed by atoms with E-state index in [9.17, 15) is 9.59 Å². The minimum atomic E-state index is -0.668. The van der Waals surface area contributed by atoms with E-state index in [1.807, 2.05) is 19.1 Å². The number of benzene rings is 1. The minimum absolute atomic E-state index is 0.283. The number of hydrogen-bond donors (Lipinski definition) is 1. The Labute approximate surface area is 93.4 Å². The van der Waals surface area contributed by atoms with Crippen molar-refractivity contribution in [3.8, 4) is 0 Å². The van der Waals surface area contributed by atoms with E-state index >= 15 is 0 Å². The van der Waals surface area contributed by atoms with Gasteiger partial charge in [-0.3, -0.25) is 9.59 Å². The van der Waals surface area contributed by atoms with Gasteiger partial charge in [0.25, 0.3) is 5.91 Å². The first kappa shape index (κ1) is 11.7. The number of amides is 1. The molecule has 1 amide bonds. The second kappa shape index (κ2) is 4.94. The molecule has 1 unspecified atom stereocenters. The van der Waals surface area contributed by atoms with Crippen molar-refractivity contribution in [1.82, 2.24) is 5.32 Å². The molecule has 0 saturated carbocycles. The van der Waals surface area contributed by atoms with Crippen LogP contribution in [0.15, 0.2) is 24.3 Å². The minimum Gasteiger partial charge on any atom is -0.341 e. The maximum atomic E-state index is 11.7. The zero-order valence-corrected chi connectivity index (χ0v) is 9.34. The average Bonchev–Trinajstić information content (AvgIpc) is 2.18. The lowest BCUT2D eigenvalue weighted by atomic mass is 10.1. The van der Waals surface area contributed by atoms with Crippen LogP contribution in [0, 0.1) is 6.92 Å². The van der Waals surface area contributed by atoms with E-state index in [1.165, 1.54) is 0 Å². The number of hydrogen-bond acceptors (Lipinski definition) is 2. The monoisotopic (exact) mass is 225 g/mol. The van der Waals surface area contributed by atoms with Crippen molar-refractivity contribution < 1.29 is 9.59 Å².